The lowest BCUT2D eigenvalue weighted by molar-refractivity contribution is -0.137. The molecule has 3 N–H and O–H groups in total. The highest BCUT2D eigenvalue weighted by molar-refractivity contribution is 5.98. The number of carboxylic acids is 1. The van der Waals surface area contributed by atoms with Gasteiger partial charge in [0.2, 0.25) is 0 Å². The number of aromatic amines is 1. The average Bonchev–Trinajstić information content (AvgIpc) is 2.83. The van der Waals surface area contributed by atoms with E-state index >= 15 is 0 Å². The van der Waals surface area contributed by atoms with Gasteiger partial charge in [-0.05, 0) is 37.6 Å². The van der Waals surface area contributed by atoms with Crippen molar-refractivity contribution in [2.45, 2.75) is 25.8 Å². The van der Waals surface area contributed by atoms with E-state index in [0.717, 1.165) is 10.9 Å². The summed E-state index contributed by atoms with van der Waals surface area (Å²) >= 11 is 0. The van der Waals surface area contributed by atoms with E-state index in [1.807, 2.05) is 24.4 Å². The quantitative estimate of drug-likeness (QED) is 0.770. The molecule has 0 radical (unpaired) electrons. The molecule has 5 heteroatoms. The van der Waals surface area contributed by atoms with Crippen LogP contribution in [0.1, 0.15) is 30.1 Å². The fourth-order valence-electron chi connectivity index (χ4n) is 1.91. The molecule has 100 valence electrons. The highest BCUT2D eigenvalue weighted by Crippen LogP contribution is 2.14. The van der Waals surface area contributed by atoms with Crippen LogP contribution in [-0.2, 0) is 4.79 Å². The molecule has 19 heavy (non-hydrogen) atoms. The minimum absolute atomic E-state index is 0.0539. The largest absolute Gasteiger partial charge is 0.481 e. The van der Waals surface area contributed by atoms with E-state index in [4.69, 9.17) is 5.11 Å². The van der Waals surface area contributed by atoms with E-state index in [1.165, 1.54) is 0 Å². The van der Waals surface area contributed by atoms with Crippen LogP contribution in [0.2, 0.25) is 0 Å². The number of hydrogen-bond donors (Lipinski definition) is 3. The van der Waals surface area contributed by atoms with Crippen LogP contribution in [0.3, 0.4) is 0 Å². The fraction of sp³-hybridized carbons (Fsp3) is 0.286. The topological polar surface area (TPSA) is 82.2 Å². The number of aliphatic carboxylic acids is 1. The van der Waals surface area contributed by atoms with E-state index in [9.17, 15) is 9.59 Å². The van der Waals surface area contributed by atoms with Crippen LogP contribution in [0.4, 0.5) is 0 Å². The van der Waals surface area contributed by atoms with Gasteiger partial charge in [0.15, 0.2) is 0 Å². The zero-order valence-corrected chi connectivity index (χ0v) is 10.6. The second-order valence-corrected chi connectivity index (χ2v) is 4.59. The highest BCUT2D eigenvalue weighted by Gasteiger charge is 2.11. The van der Waals surface area contributed by atoms with Crippen LogP contribution in [0.25, 0.3) is 10.9 Å². The molecule has 1 heterocycles. The minimum atomic E-state index is -0.852. The van der Waals surface area contributed by atoms with Crippen molar-refractivity contribution >= 4 is 22.8 Å². The van der Waals surface area contributed by atoms with Crippen molar-refractivity contribution in [1.29, 1.82) is 0 Å². The summed E-state index contributed by atoms with van der Waals surface area (Å²) < 4.78 is 0. The van der Waals surface area contributed by atoms with Crippen LogP contribution in [0.15, 0.2) is 30.5 Å². The number of carboxylic acid groups (broad SMARTS) is 1. The first-order chi connectivity index (χ1) is 9.06. The Balaban J connectivity index is 2.00. The monoisotopic (exact) mass is 260 g/mol. The van der Waals surface area contributed by atoms with Crippen LogP contribution in [-0.4, -0.2) is 28.0 Å². The molecular formula is C14H16N2O3. The summed E-state index contributed by atoms with van der Waals surface area (Å²) in [5.74, 6) is -1.03. The summed E-state index contributed by atoms with van der Waals surface area (Å²) in [6, 6.07) is 7.15. The maximum atomic E-state index is 12.0. The number of aromatic nitrogens is 1. The molecule has 0 saturated carbocycles. The van der Waals surface area contributed by atoms with Gasteiger partial charge in [0, 0.05) is 35.1 Å². The Kier molecular flexibility index (Phi) is 3.85. The van der Waals surface area contributed by atoms with E-state index < -0.39 is 5.97 Å². The molecule has 0 aliphatic rings. The first-order valence-corrected chi connectivity index (χ1v) is 6.16. The number of nitrogens with one attached hydrogen (secondary N) is 2. The van der Waals surface area contributed by atoms with E-state index in [2.05, 4.69) is 10.3 Å². The second kappa shape index (κ2) is 5.56. The van der Waals surface area contributed by atoms with E-state index in [1.54, 1.807) is 13.0 Å². The molecule has 0 spiro atoms. The smallest absolute Gasteiger partial charge is 0.303 e. The molecule has 1 aromatic carbocycles. The summed E-state index contributed by atoms with van der Waals surface area (Å²) in [5, 5.41) is 12.4. The van der Waals surface area contributed by atoms with Gasteiger partial charge in [-0.25, -0.2) is 0 Å². The van der Waals surface area contributed by atoms with Gasteiger partial charge < -0.3 is 15.4 Å². The summed E-state index contributed by atoms with van der Waals surface area (Å²) in [6.45, 7) is 1.80. The van der Waals surface area contributed by atoms with Crippen molar-refractivity contribution in [2.75, 3.05) is 0 Å². The Morgan fingerprint density at radius 1 is 1.37 bits per heavy atom. The molecule has 0 saturated heterocycles. The molecule has 1 amide bonds. The van der Waals surface area contributed by atoms with Crippen molar-refractivity contribution in [3.63, 3.8) is 0 Å². The van der Waals surface area contributed by atoms with Gasteiger partial charge >= 0.3 is 5.97 Å². The number of amides is 1. The third-order valence-corrected chi connectivity index (χ3v) is 2.98. The lowest BCUT2D eigenvalue weighted by Gasteiger charge is -2.12. The van der Waals surface area contributed by atoms with Gasteiger partial charge in [0.1, 0.15) is 0 Å². The van der Waals surface area contributed by atoms with Crippen LogP contribution in [0, 0.1) is 0 Å². The molecule has 0 aliphatic heterocycles. The third-order valence-electron chi connectivity index (χ3n) is 2.98. The number of carbonyl (C=O) groups is 2. The lowest BCUT2D eigenvalue weighted by Crippen LogP contribution is -2.32. The predicted octanol–water partition coefficient (Wildman–Crippen LogP) is 2.15. The summed E-state index contributed by atoms with van der Waals surface area (Å²) in [5.41, 5.74) is 1.56. The van der Waals surface area contributed by atoms with Gasteiger partial charge in [-0.1, -0.05) is 0 Å². The third kappa shape index (κ3) is 3.34. The van der Waals surface area contributed by atoms with Gasteiger partial charge in [0.25, 0.3) is 5.91 Å². The highest BCUT2D eigenvalue weighted by atomic mass is 16.4. The zero-order valence-electron chi connectivity index (χ0n) is 10.6. The molecule has 1 atom stereocenters. The number of carbonyl (C=O) groups excluding carboxylic acids is 1. The first kappa shape index (κ1) is 13.1. The van der Waals surface area contributed by atoms with Crippen molar-refractivity contribution in [3.8, 4) is 0 Å². The van der Waals surface area contributed by atoms with Crippen molar-refractivity contribution in [2.24, 2.45) is 0 Å². The molecule has 0 fully saturated rings. The van der Waals surface area contributed by atoms with Crippen molar-refractivity contribution < 1.29 is 14.7 Å². The molecule has 1 aromatic heterocycles. The number of H-pyrrole nitrogens is 1. The van der Waals surface area contributed by atoms with E-state index in [-0.39, 0.29) is 18.4 Å². The molecular weight excluding hydrogens is 244 g/mol. The Hall–Kier alpha value is -2.30. The van der Waals surface area contributed by atoms with Crippen LogP contribution in [0.5, 0.6) is 0 Å². The SMILES string of the molecule is CC(CCC(=O)O)NC(=O)c1ccc2[nH]ccc2c1. The molecule has 2 rings (SSSR count). The number of hydrogen-bond acceptors (Lipinski definition) is 2. The van der Waals surface area contributed by atoms with Gasteiger partial charge in [-0.3, -0.25) is 9.59 Å². The lowest BCUT2D eigenvalue weighted by atomic mass is 10.1. The summed E-state index contributed by atoms with van der Waals surface area (Å²) in [4.78, 5) is 25.5. The fourth-order valence-corrected chi connectivity index (χ4v) is 1.91. The minimum Gasteiger partial charge on any atom is -0.481 e. The molecule has 2 aromatic rings. The average molecular weight is 260 g/mol. The summed E-state index contributed by atoms with van der Waals surface area (Å²) in [7, 11) is 0. The van der Waals surface area contributed by atoms with Gasteiger partial charge in [0.05, 0.1) is 0 Å². The maximum absolute atomic E-state index is 12.0. The normalized spacial score (nSPS) is 12.3. The van der Waals surface area contributed by atoms with Gasteiger partial charge in [-0.15, -0.1) is 0 Å². The number of rotatable bonds is 5. The second-order valence-electron chi connectivity index (χ2n) is 4.59. The predicted molar refractivity (Wildman–Crippen MR) is 72.1 cm³/mol. The Morgan fingerprint density at radius 2 is 2.16 bits per heavy atom. The molecule has 1 unspecified atom stereocenters. The van der Waals surface area contributed by atoms with Crippen molar-refractivity contribution in [3.05, 3.63) is 36.0 Å². The zero-order chi connectivity index (χ0) is 13.8. The first-order valence-electron chi connectivity index (χ1n) is 6.16. The summed E-state index contributed by atoms with van der Waals surface area (Å²) in [6.07, 6.45) is 2.30. The van der Waals surface area contributed by atoms with Crippen LogP contribution >= 0.6 is 0 Å². The molecule has 5 nitrogen and oxygen atoms in total. The maximum Gasteiger partial charge on any atom is 0.303 e. The van der Waals surface area contributed by atoms with Crippen molar-refractivity contribution in [1.82, 2.24) is 10.3 Å². The van der Waals surface area contributed by atoms with Gasteiger partial charge in [-0.2, -0.15) is 0 Å². The standard InChI is InChI=1S/C14H16N2O3/c1-9(2-5-13(17)18)16-14(19)11-3-4-12-10(8-11)6-7-15-12/h3-4,6-9,15H,2,5H2,1H3,(H,16,19)(H,17,18). The number of benzene rings is 1. The molecule has 0 aliphatic carbocycles. The Bertz CT molecular complexity index is 604. The Morgan fingerprint density at radius 3 is 2.89 bits per heavy atom. The van der Waals surface area contributed by atoms with E-state index in [0.29, 0.717) is 12.0 Å². The Labute approximate surface area is 110 Å². The number of fused-ring (bicyclic) bond motifs is 1. The van der Waals surface area contributed by atoms with Crippen LogP contribution < -0.4 is 5.32 Å². The molecule has 0 bridgehead atoms.